The lowest BCUT2D eigenvalue weighted by Gasteiger charge is -2.63. The van der Waals surface area contributed by atoms with Gasteiger partial charge in [-0.3, -0.25) is 0 Å². The van der Waals surface area contributed by atoms with E-state index in [1.54, 1.807) is 0 Å². The molecule has 4 rings (SSSR count). The summed E-state index contributed by atoms with van der Waals surface area (Å²) in [6.07, 6.45) is 11.2. The molecule has 0 aliphatic heterocycles. The molecule has 0 saturated heterocycles. The number of hydrogen-bond acceptors (Lipinski definition) is 6. The quantitative estimate of drug-likeness (QED) is 0.291. The monoisotopic (exact) mass is 446 g/mol. The molecule has 0 amide bonds. The lowest BCUT2D eigenvalue weighted by Crippen LogP contribution is -2.62. The van der Waals surface area contributed by atoms with Crippen LogP contribution in [0.3, 0.4) is 0 Å². The molecule has 3 unspecified atom stereocenters. The van der Waals surface area contributed by atoms with E-state index in [2.05, 4.69) is 29.2 Å². The number of oxime groups is 1. The van der Waals surface area contributed by atoms with Crippen LogP contribution in [0.5, 0.6) is 0 Å². The zero-order chi connectivity index (χ0) is 23.1. The van der Waals surface area contributed by atoms with Gasteiger partial charge in [-0.15, -0.1) is 5.10 Å². The second-order valence-corrected chi connectivity index (χ2v) is 11.4. The molecule has 8 heteroatoms. The number of aliphatic hydroxyl groups is 1. The summed E-state index contributed by atoms with van der Waals surface area (Å²) in [5, 5.41) is 24.6. The minimum atomic E-state index is -0.631. The largest absolute Gasteiger partial charge is 0.394 e. The molecule has 0 aromatic carbocycles. The number of rotatable bonds is 5. The topological polar surface area (TPSA) is 145 Å². The molecule has 8 nitrogen and oxygen atoms in total. The van der Waals surface area contributed by atoms with Gasteiger partial charge in [0.15, 0.2) is 0 Å². The molecule has 4 fully saturated rings. The fraction of sp³-hybridized carbons (Fsp3) is 0.875. The maximum Gasteiger partial charge on any atom is 0.211 e. The molecule has 0 aromatic rings. The molecule has 0 spiro atoms. The number of hydrogen-bond donors (Lipinski definition) is 4. The minimum Gasteiger partial charge on any atom is -0.394 e. The minimum absolute atomic E-state index is 0.0191. The Labute approximate surface area is 192 Å². The Hall–Kier alpha value is -1.67. The third kappa shape index (κ3) is 3.83. The third-order valence-electron chi connectivity index (χ3n) is 9.72. The Morgan fingerprint density at radius 3 is 2.66 bits per heavy atom. The van der Waals surface area contributed by atoms with Crippen LogP contribution in [0.2, 0.25) is 0 Å². The molecule has 4 saturated carbocycles. The van der Waals surface area contributed by atoms with Gasteiger partial charge >= 0.3 is 0 Å². The summed E-state index contributed by atoms with van der Waals surface area (Å²) in [4.78, 5) is 5.38. The summed E-state index contributed by atoms with van der Waals surface area (Å²) in [5.41, 5.74) is 17.3. The molecule has 0 heterocycles. The van der Waals surface area contributed by atoms with Gasteiger partial charge < -0.3 is 27.1 Å². The predicted octanol–water partition coefficient (Wildman–Crippen LogP) is 2.74. The average molecular weight is 447 g/mol. The Balaban J connectivity index is 1.50. The van der Waals surface area contributed by atoms with Gasteiger partial charge in [-0.1, -0.05) is 19.0 Å². The van der Waals surface area contributed by atoms with E-state index in [9.17, 15) is 5.11 Å². The van der Waals surface area contributed by atoms with Gasteiger partial charge in [-0.2, -0.15) is 5.10 Å². The molecular formula is C24H42N6O2. The van der Waals surface area contributed by atoms with E-state index in [0.717, 1.165) is 57.1 Å². The lowest BCUT2D eigenvalue weighted by atomic mass is 9.43. The third-order valence-corrected chi connectivity index (χ3v) is 9.72. The molecule has 180 valence electrons. The van der Waals surface area contributed by atoms with Crippen molar-refractivity contribution in [3.05, 3.63) is 0 Å². The summed E-state index contributed by atoms with van der Waals surface area (Å²) < 4.78 is 0. The predicted molar refractivity (Wildman–Crippen MR) is 128 cm³/mol. The van der Waals surface area contributed by atoms with Gasteiger partial charge in [0.1, 0.15) is 6.61 Å². The van der Waals surface area contributed by atoms with Gasteiger partial charge in [0.05, 0.1) is 5.60 Å². The van der Waals surface area contributed by atoms with Crippen molar-refractivity contribution in [1.29, 1.82) is 0 Å². The van der Waals surface area contributed by atoms with E-state index in [1.165, 1.54) is 6.42 Å². The molecule has 0 bridgehead atoms. The summed E-state index contributed by atoms with van der Waals surface area (Å²) in [6.45, 7) is 7.08. The molecule has 32 heavy (non-hydrogen) atoms. The van der Waals surface area contributed by atoms with Gasteiger partial charge in [0.25, 0.3) is 0 Å². The zero-order valence-electron chi connectivity index (χ0n) is 20.0. The number of guanidine groups is 1. The van der Waals surface area contributed by atoms with Crippen molar-refractivity contribution in [3.63, 3.8) is 0 Å². The maximum atomic E-state index is 12.2. The van der Waals surface area contributed by atoms with Crippen LogP contribution in [-0.4, -0.2) is 41.2 Å². The van der Waals surface area contributed by atoms with Crippen LogP contribution in [0.1, 0.15) is 78.6 Å². The van der Waals surface area contributed by atoms with Crippen molar-refractivity contribution in [2.45, 2.75) is 90.2 Å². The van der Waals surface area contributed by atoms with Gasteiger partial charge in [-0.25, -0.2) is 0 Å². The molecule has 4 aliphatic carbocycles. The van der Waals surface area contributed by atoms with E-state index in [4.69, 9.17) is 22.0 Å². The fourth-order valence-corrected chi connectivity index (χ4v) is 7.80. The van der Waals surface area contributed by atoms with Crippen LogP contribution in [0.4, 0.5) is 0 Å². The first-order valence-electron chi connectivity index (χ1n) is 12.4. The van der Waals surface area contributed by atoms with Crippen LogP contribution in [0.15, 0.2) is 15.4 Å². The Morgan fingerprint density at radius 1 is 1.16 bits per heavy atom. The van der Waals surface area contributed by atoms with Gasteiger partial charge in [0, 0.05) is 29.3 Å². The highest BCUT2D eigenvalue weighted by atomic mass is 16.6. The number of nitrogens with zero attached hydrogens (tertiary/aromatic N) is 3. The van der Waals surface area contributed by atoms with E-state index in [-0.39, 0.29) is 28.7 Å². The van der Waals surface area contributed by atoms with Crippen molar-refractivity contribution < 1.29 is 9.94 Å². The molecule has 0 aromatic heterocycles. The molecule has 0 radical (unpaired) electrons. The Morgan fingerprint density at radius 2 is 1.94 bits per heavy atom. The normalized spacial score (nSPS) is 45.7. The van der Waals surface area contributed by atoms with Crippen molar-refractivity contribution in [1.82, 2.24) is 0 Å². The highest BCUT2D eigenvalue weighted by molar-refractivity contribution is 5.86. The lowest BCUT2D eigenvalue weighted by molar-refractivity contribution is -0.198. The first-order valence-corrected chi connectivity index (χ1v) is 12.4. The molecule has 4 aliphatic rings. The second-order valence-electron chi connectivity index (χ2n) is 11.4. The standard InChI is InChI=1S/C24H42N6O2/c1-15(25)14-32-28-13-17-6-11-24(31)20-5-4-16-12-18(29-30-21(26)27)7-9-22(16,2)19(20)8-10-23(17,24)3/h13,15-17,19-20,31H,4-12,14,25H2,1-3H3,(H4,26,27,30)/t15?,16?,17?,19-,20-,22+,23-,24-/m1/s1. The highest BCUT2D eigenvalue weighted by Crippen LogP contribution is 2.68. The number of fused-ring (bicyclic) bond motifs is 5. The van der Waals surface area contributed by atoms with Crippen LogP contribution < -0.4 is 17.2 Å². The Bertz CT molecular complexity index is 793. The van der Waals surface area contributed by atoms with Crippen molar-refractivity contribution in [3.8, 4) is 0 Å². The first kappa shape index (κ1) is 23.5. The Kier molecular flexibility index (Phi) is 6.31. The van der Waals surface area contributed by atoms with Crippen molar-refractivity contribution in [2.24, 2.45) is 67.1 Å². The molecular weight excluding hydrogens is 404 g/mol. The summed E-state index contributed by atoms with van der Waals surface area (Å²) in [7, 11) is 0. The van der Waals surface area contributed by atoms with Crippen LogP contribution in [-0.2, 0) is 4.84 Å². The van der Waals surface area contributed by atoms with E-state index in [1.807, 2.05) is 13.1 Å². The summed E-state index contributed by atoms with van der Waals surface area (Å²) >= 11 is 0. The molecule has 7 N–H and O–H groups in total. The van der Waals surface area contributed by atoms with E-state index < -0.39 is 5.60 Å². The smallest absolute Gasteiger partial charge is 0.211 e. The average Bonchev–Trinajstić information content (AvgIpc) is 3.00. The van der Waals surface area contributed by atoms with Gasteiger partial charge in [0.2, 0.25) is 5.96 Å². The second kappa shape index (κ2) is 8.60. The zero-order valence-corrected chi connectivity index (χ0v) is 20.0. The van der Waals surface area contributed by atoms with E-state index in [0.29, 0.717) is 24.4 Å². The van der Waals surface area contributed by atoms with Crippen molar-refractivity contribution >= 4 is 17.9 Å². The van der Waals surface area contributed by atoms with Crippen LogP contribution in [0.25, 0.3) is 0 Å². The highest BCUT2D eigenvalue weighted by Gasteiger charge is 2.66. The van der Waals surface area contributed by atoms with Gasteiger partial charge in [-0.05, 0) is 87.9 Å². The fourth-order valence-electron chi connectivity index (χ4n) is 7.80. The summed E-state index contributed by atoms with van der Waals surface area (Å²) in [5.74, 6) is 1.75. The molecule has 8 atom stereocenters. The van der Waals surface area contributed by atoms with Crippen molar-refractivity contribution in [2.75, 3.05) is 6.61 Å². The SMILES string of the molecule is CC(N)CON=CC1CC[C@@]2(O)[C@@H]3CCC4CC(=NN=C(N)N)CC[C@]4(C)[C@@H]3CC[C@]12C. The first-order chi connectivity index (χ1) is 15.1. The van der Waals surface area contributed by atoms with Crippen LogP contribution in [0, 0.1) is 34.5 Å². The maximum absolute atomic E-state index is 12.2. The number of nitrogens with two attached hydrogens (primary N) is 3. The van der Waals surface area contributed by atoms with Crippen LogP contribution >= 0.6 is 0 Å². The van der Waals surface area contributed by atoms with E-state index >= 15 is 0 Å². The summed E-state index contributed by atoms with van der Waals surface area (Å²) in [6, 6.07) is -0.0323.